The Morgan fingerprint density at radius 3 is 1.74 bits per heavy atom. The van der Waals surface area contributed by atoms with Gasteiger partial charge in [0.2, 0.25) is 0 Å². The topological polar surface area (TPSA) is 63.6 Å². The second-order valence-corrected chi connectivity index (χ2v) is 5.68. The van der Waals surface area contributed by atoms with Gasteiger partial charge in [-0.15, -0.1) is 0 Å². The van der Waals surface area contributed by atoms with Gasteiger partial charge in [0.25, 0.3) is 0 Å². The van der Waals surface area contributed by atoms with Gasteiger partial charge in [-0.05, 0) is 37.5 Å². The maximum atomic E-state index is 10.7. The molecule has 4 heteroatoms. The Labute approximate surface area is 115 Å². The quantitative estimate of drug-likeness (QED) is 0.795. The molecule has 0 bridgehead atoms. The van der Waals surface area contributed by atoms with E-state index in [9.17, 15) is 9.59 Å². The van der Waals surface area contributed by atoms with Crippen molar-refractivity contribution >= 4 is 11.9 Å². The number of methoxy groups -OCH3 is 1. The van der Waals surface area contributed by atoms with Crippen molar-refractivity contribution in [1.29, 1.82) is 0 Å². The summed E-state index contributed by atoms with van der Waals surface area (Å²) in [7, 11) is 1.46. The van der Waals surface area contributed by atoms with Crippen LogP contribution in [0.1, 0.15) is 64.2 Å². The molecule has 2 saturated carbocycles. The summed E-state index contributed by atoms with van der Waals surface area (Å²) in [5, 5.41) is 8.37. The summed E-state index contributed by atoms with van der Waals surface area (Å²) in [5.41, 5.74) is 0. The number of ether oxygens (including phenoxy) is 1. The molecule has 0 spiro atoms. The first-order valence-electron chi connectivity index (χ1n) is 7.40. The zero-order chi connectivity index (χ0) is 14.1. The van der Waals surface area contributed by atoms with Crippen molar-refractivity contribution in [2.45, 2.75) is 64.2 Å². The van der Waals surface area contributed by atoms with E-state index in [1.54, 1.807) is 0 Å². The number of hydrogen-bond acceptors (Lipinski definition) is 3. The van der Waals surface area contributed by atoms with Gasteiger partial charge in [-0.25, -0.2) is 0 Å². The number of carboxylic acid groups (broad SMARTS) is 1. The summed E-state index contributed by atoms with van der Waals surface area (Å²) in [4.78, 5) is 20.9. The Morgan fingerprint density at radius 1 is 0.947 bits per heavy atom. The van der Waals surface area contributed by atoms with Crippen LogP contribution in [0, 0.1) is 11.8 Å². The standard InChI is InChI=1S/C8H14O2.C7H12O2/c1-10-8(9)6-7-4-2-3-5-7;8-7(9)5-6-3-1-2-4-6/h7H,2-6H2,1H3;6H,1-5H2,(H,8,9). The van der Waals surface area contributed by atoms with Gasteiger partial charge in [0.1, 0.15) is 0 Å². The summed E-state index contributed by atoms with van der Waals surface area (Å²) < 4.78 is 4.57. The highest BCUT2D eigenvalue weighted by atomic mass is 16.5. The van der Waals surface area contributed by atoms with Crippen molar-refractivity contribution in [1.82, 2.24) is 0 Å². The van der Waals surface area contributed by atoms with Crippen LogP contribution in [0.15, 0.2) is 0 Å². The van der Waals surface area contributed by atoms with Gasteiger partial charge in [0.05, 0.1) is 7.11 Å². The minimum Gasteiger partial charge on any atom is -0.481 e. The van der Waals surface area contributed by atoms with Crippen LogP contribution in [0.5, 0.6) is 0 Å². The Bertz CT molecular complexity index is 276. The second-order valence-electron chi connectivity index (χ2n) is 5.68. The van der Waals surface area contributed by atoms with Crippen LogP contribution in [-0.4, -0.2) is 24.2 Å². The van der Waals surface area contributed by atoms with E-state index in [-0.39, 0.29) is 5.97 Å². The molecule has 2 aliphatic rings. The third-order valence-corrected chi connectivity index (χ3v) is 4.10. The van der Waals surface area contributed by atoms with E-state index in [1.165, 1.54) is 45.6 Å². The summed E-state index contributed by atoms with van der Waals surface area (Å²) in [5.74, 6) is 0.420. The molecule has 0 aromatic carbocycles. The number of rotatable bonds is 4. The molecule has 0 heterocycles. The molecule has 0 radical (unpaired) electrons. The van der Waals surface area contributed by atoms with Gasteiger partial charge in [-0.1, -0.05) is 25.7 Å². The highest BCUT2D eigenvalue weighted by molar-refractivity contribution is 5.69. The minimum absolute atomic E-state index is 0.0492. The van der Waals surface area contributed by atoms with E-state index in [0.29, 0.717) is 24.7 Å². The van der Waals surface area contributed by atoms with Gasteiger partial charge in [0.15, 0.2) is 0 Å². The van der Waals surface area contributed by atoms with Crippen molar-refractivity contribution < 1.29 is 19.4 Å². The molecule has 2 aliphatic carbocycles. The van der Waals surface area contributed by atoms with Crippen LogP contribution < -0.4 is 0 Å². The van der Waals surface area contributed by atoms with Crippen LogP contribution in [0.4, 0.5) is 0 Å². The van der Waals surface area contributed by atoms with Crippen molar-refractivity contribution in [2.24, 2.45) is 11.8 Å². The fourth-order valence-corrected chi connectivity index (χ4v) is 2.99. The number of esters is 1. The summed E-state index contributed by atoms with van der Waals surface area (Å²) >= 11 is 0. The first-order valence-corrected chi connectivity index (χ1v) is 7.40. The normalized spacial score (nSPS) is 19.8. The number of carbonyl (C=O) groups excluding carboxylic acids is 1. The lowest BCUT2D eigenvalue weighted by Gasteiger charge is -2.04. The lowest BCUT2D eigenvalue weighted by molar-refractivity contribution is -0.141. The van der Waals surface area contributed by atoms with Crippen LogP contribution in [0.2, 0.25) is 0 Å². The van der Waals surface area contributed by atoms with Crippen molar-refractivity contribution in [3.63, 3.8) is 0 Å². The molecule has 4 nitrogen and oxygen atoms in total. The van der Waals surface area contributed by atoms with Crippen LogP contribution in [0.25, 0.3) is 0 Å². The zero-order valence-corrected chi connectivity index (χ0v) is 11.9. The maximum Gasteiger partial charge on any atom is 0.305 e. The SMILES string of the molecule is COC(=O)CC1CCCC1.O=C(O)CC1CCCC1. The van der Waals surface area contributed by atoms with E-state index in [2.05, 4.69) is 4.74 Å². The summed E-state index contributed by atoms with van der Waals surface area (Å²) in [6.07, 6.45) is 10.8. The molecular weight excluding hydrogens is 244 g/mol. The highest BCUT2D eigenvalue weighted by Crippen LogP contribution is 2.27. The third kappa shape index (κ3) is 7.19. The molecule has 0 aromatic heterocycles. The Hall–Kier alpha value is -1.06. The molecule has 2 fully saturated rings. The van der Waals surface area contributed by atoms with Gasteiger partial charge in [0, 0.05) is 12.8 Å². The lowest BCUT2D eigenvalue weighted by atomic mass is 10.1. The van der Waals surface area contributed by atoms with Gasteiger partial charge in [-0.3, -0.25) is 9.59 Å². The molecule has 1 N–H and O–H groups in total. The molecule has 19 heavy (non-hydrogen) atoms. The lowest BCUT2D eigenvalue weighted by Crippen LogP contribution is -2.06. The maximum absolute atomic E-state index is 10.7. The number of hydrogen-bond donors (Lipinski definition) is 1. The van der Waals surface area contributed by atoms with Gasteiger partial charge < -0.3 is 9.84 Å². The Morgan fingerprint density at radius 2 is 1.37 bits per heavy atom. The summed E-state index contributed by atoms with van der Waals surface area (Å²) in [6, 6.07) is 0. The minimum atomic E-state index is -0.637. The molecule has 0 amide bonds. The van der Waals surface area contributed by atoms with Gasteiger partial charge >= 0.3 is 11.9 Å². The van der Waals surface area contributed by atoms with E-state index in [0.717, 1.165) is 12.8 Å². The number of carbonyl (C=O) groups is 2. The zero-order valence-electron chi connectivity index (χ0n) is 11.9. The fraction of sp³-hybridized carbons (Fsp3) is 0.867. The average molecular weight is 270 g/mol. The predicted molar refractivity (Wildman–Crippen MR) is 72.8 cm³/mol. The number of carboxylic acids is 1. The van der Waals surface area contributed by atoms with Crippen molar-refractivity contribution in [2.75, 3.05) is 7.11 Å². The van der Waals surface area contributed by atoms with Crippen LogP contribution in [0.3, 0.4) is 0 Å². The van der Waals surface area contributed by atoms with E-state index in [4.69, 9.17) is 5.11 Å². The molecule has 2 rings (SSSR count). The van der Waals surface area contributed by atoms with E-state index < -0.39 is 5.97 Å². The molecule has 0 saturated heterocycles. The monoisotopic (exact) mass is 270 g/mol. The predicted octanol–water partition coefficient (Wildman–Crippen LogP) is 3.39. The van der Waals surface area contributed by atoms with Gasteiger partial charge in [-0.2, -0.15) is 0 Å². The number of aliphatic carboxylic acids is 1. The van der Waals surface area contributed by atoms with Crippen LogP contribution >= 0.6 is 0 Å². The largest absolute Gasteiger partial charge is 0.481 e. The Kier molecular flexibility index (Phi) is 7.53. The molecule has 0 atom stereocenters. The molecule has 110 valence electrons. The first-order chi connectivity index (χ1) is 9.11. The third-order valence-electron chi connectivity index (χ3n) is 4.10. The molecule has 0 unspecified atom stereocenters. The van der Waals surface area contributed by atoms with E-state index >= 15 is 0 Å². The molecule has 0 aliphatic heterocycles. The highest BCUT2D eigenvalue weighted by Gasteiger charge is 2.18. The van der Waals surface area contributed by atoms with Crippen molar-refractivity contribution in [3.05, 3.63) is 0 Å². The second kappa shape index (κ2) is 8.94. The Balaban J connectivity index is 0.000000191. The van der Waals surface area contributed by atoms with Crippen molar-refractivity contribution in [3.8, 4) is 0 Å². The smallest absolute Gasteiger partial charge is 0.305 e. The van der Waals surface area contributed by atoms with E-state index in [1.807, 2.05) is 0 Å². The first kappa shape index (κ1) is 16.0. The molecular formula is C15H26O4. The average Bonchev–Trinajstić information content (AvgIpc) is 3.02. The summed E-state index contributed by atoms with van der Waals surface area (Å²) in [6.45, 7) is 0. The molecule has 0 aromatic rings. The fourth-order valence-electron chi connectivity index (χ4n) is 2.99. The van der Waals surface area contributed by atoms with Crippen LogP contribution in [-0.2, 0) is 14.3 Å².